The maximum absolute atomic E-state index is 11.4. The molecule has 1 aliphatic carbocycles. The predicted octanol–water partition coefficient (Wildman–Crippen LogP) is 2.59. The molecular formula is C16H26N2O3. The smallest absolute Gasteiger partial charge is 0.373 e. The summed E-state index contributed by atoms with van der Waals surface area (Å²) < 4.78 is 10.2. The van der Waals surface area contributed by atoms with Crippen LogP contribution in [0.5, 0.6) is 0 Å². The van der Waals surface area contributed by atoms with Crippen molar-refractivity contribution in [3.8, 4) is 0 Å². The van der Waals surface area contributed by atoms with E-state index in [1.807, 2.05) is 6.07 Å². The van der Waals surface area contributed by atoms with Gasteiger partial charge in [-0.1, -0.05) is 12.8 Å². The Morgan fingerprint density at radius 2 is 2.10 bits per heavy atom. The molecule has 1 atom stereocenters. The van der Waals surface area contributed by atoms with Crippen molar-refractivity contribution in [3.05, 3.63) is 23.7 Å². The molecule has 21 heavy (non-hydrogen) atoms. The van der Waals surface area contributed by atoms with E-state index in [1.165, 1.54) is 32.8 Å². The number of nitrogens with one attached hydrogen (secondary N) is 1. The van der Waals surface area contributed by atoms with E-state index in [0.29, 0.717) is 0 Å². The van der Waals surface area contributed by atoms with E-state index in [2.05, 4.69) is 36.0 Å². The number of carbonyl (C=O) groups is 1. The second-order valence-electron chi connectivity index (χ2n) is 6.12. The summed E-state index contributed by atoms with van der Waals surface area (Å²) in [6.07, 6.45) is 5.04. The van der Waals surface area contributed by atoms with Gasteiger partial charge in [-0.05, 0) is 46.0 Å². The zero-order valence-electron chi connectivity index (χ0n) is 13.4. The Morgan fingerprint density at radius 3 is 2.67 bits per heavy atom. The minimum Gasteiger partial charge on any atom is -0.463 e. The predicted molar refractivity (Wildman–Crippen MR) is 81.4 cm³/mol. The van der Waals surface area contributed by atoms with Crippen LogP contribution in [0.15, 0.2) is 16.5 Å². The molecule has 1 heterocycles. The van der Waals surface area contributed by atoms with Gasteiger partial charge in [0.2, 0.25) is 5.76 Å². The third-order valence-corrected chi connectivity index (χ3v) is 4.66. The Labute approximate surface area is 126 Å². The van der Waals surface area contributed by atoms with Gasteiger partial charge in [-0.15, -0.1) is 0 Å². The first kappa shape index (κ1) is 16.0. The molecule has 1 N–H and O–H groups in total. The number of hydrogen-bond donors (Lipinski definition) is 1. The molecule has 0 bridgehead atoms. The fraction of sp³-hybridized carbons (Fsp3) is 0.688. The first-order valence-electron chi connectivity index (χ1n) is 7.57. The van der Waals surface area contributed by atoms with Crippen LogP contribution >= 0.6 is 0 Å². The number of rotatable bonds is 6. The van der Waals surface area contributed by atoms with Gasteiger partial charge in [-0.3, -0.25) is 0 Å². The largest absolute Gasteiger partial charge is 0.463 e. The Bertz CT molecular complexity index is 476. The molecule has 1 aromatic rings. The lowest BCUT2D eigenvalue weighted by Gasteiger charge is -2.37. The summed E-state index contributed by atoms with van der Waals surface area (Å²) in [4.78, 5) is 13.7. The minimum absolute atomic E-state index is 0.0702. The molecule has 0 amide bonds. The molecule has 5 heteroatoms. The van der Waals surface area contributed by atoms with E-state index < -0.39 is 5.97 Å². The topological polar surface area (TPSA) is 54.7 Å². The molecule has 0 aromatic carbocycles. The lowest BCUT2D eigenvalue weighted by Crippen LogP contribution is -2.49. The van der Waals surface area contributed by atoms with Gasteiger partial charge in [-0.2, -0.15) is 0 Å². The normalized spacial score (nSPS) is 18.9. The lowest BCUT2D eigenvalue weighted by molar-refractivity contribution is 0.0561. The van der Waals surface area contributed by atoms with Gasteiger partial charge in [0.1, 0.15) is 5.76 Å². The van der Waals surface area contributed by atoms with Crippen molar-refractivity contribution < 1.29 is 13.9 Å². The summed E-state index contributed by atoms with van der Waals surface area (Å²) >= 11 is 0. The molecule has 118 valence electrons. The summed E-state index contributed by atoms with van der Waals surface area (Å²) in [5.74, 6) is 0.584. The molecule has 5 nitrogen and oxygen atoms in total. The summed E-state index contributed by atoms with van der Waals surface area (Å²) in [6.45, 7) is 2.98. The summed E-state index contributed by atoms with van der Waals surface area (Å²) in [5, 5.41) is 3.55. The van der Waals surface area contributed by atoms with Crippen molar-refractivity contribution in [3.63, 3.8) is 0 Å². The molecule has 0 aliphatic heterocycles. The Morgan fingerprint density at radius 1 is 1.43 bits per heavy atom. The molecular weight excluding hydrogens is 268 g/mol. The van der Waals surface area contributed by atoms with Crippen LogP contribution in [-0.2, 0) is 4.74 Å². The second kappa shape index (κ2) is 6.62. The number of esters is 1. The summed E-state index contributed by atoms with van der Waals surface area (Å²) in [5.41, 5.74) is 0.242. The van der Waals surface area contributed by atoms with Crippen LogP contribution < -0.4 is 5.32 Å². The van der Waals surface area contributed by atoms with Crippen molar-refractivity contribution in [2.24, 2.45) is 0 Å². The standard InChI is InChI=1S/C16H26N2O3/c1-12(13-7-8-14(21-13)15(19)20-4)17-11-16(18(2)3)9-5-6-10-16/h7-8,12,17H,5-6,9-11H2,1-4H3. The van der Waals surface area contributed by atoms with Gasteiger partial charge in [0, 0.05) is 12.1 Å². The van der Waals surface area contributed by atoms with Gasteiger partial charge in [-0.25, -0.2) is 4.79 Å². The minimum atomic E-state index is -0.436. The fourth-order valence-corrected chi connectivity index (χ4v) is 3.05. The van der Waals surface area contributed by atoms with E-state index in [1.54, 1.807) is 6.07 Å². The van der Waals surface area contributed by atoms with E-state index in [0.717, 1.165) is 12.3 Å². The highest BCUT2D eigenvalue weighted by Crippen LogP contribution is 2.33. The molecule has 0 saturated heterocycles. The summed E-state index contributed by atoms with van der Waals surface area (Å²) in [6, 6.07) is 3.57. The Balaban J connectivity index is 1.96. The number of ether oxygens (including phenoxy) is 1. The zero-order valence-corrected chi connectivity index (χ0v) is 13.4. The highest BCUT2D eigenvalue weighted by Gasteiger charge is 2.36. The SMILES string of the molecule is COC(=O)c1ccc(C(C)NCC2(N(C)C)CCCC2)o1. The van der Waals surface area contributed by atoms with Gasteiger partial charge in [0.25, 0.3) is 0 Å². The molecule has 1 saturated carbocycles. The molecule has 2 rings (SSSR count). The Kier molecular flexibility index (Phi) is 5.06. The number of likely N-dealkylation sites (N-methyl/N-ethyl adjacent to an activating group) is 1. The van der Waals surface area contributed by atoms with Gasteiger partial charge >= 0.3 is 5.97 Å². The highest BCUT2D eigenvalue weighted by atomic mass is 16.5. The molecule has 1 unspecified atom stereocenters. The average Bonchev–Trinajstić information content (AvgIpc) is 3.13. The van der Waals surface area contributed by atoms with Crippen LogP contribution in [0.4, 0.5) is 0 Å². The number of furan rings is 1. The maximum atomic E-state index is 11.4. The average molecular weight is 294 g/mol. The molecule has 1 aromatic heterocycles. The van der Waals surface area contributed by atoms with Crippen molar-refractivity contribution in [2.75, 3.05) is 27.7 Å². The van der Waals surface area contributed by atoms with E-state index >= 15 is 0 Å². The van der Waals surface area contributed by atoms with Gasteiger partial charge in [0.05, 0.1) is 13.2 Å². The molecule has 1 fully saturated rings. The van der Waals surface area contributed by atoms with Crippen molar-refractivity contribution in [1.29, 1.82) is 0 Å². The van der Waals surface area contributed by atoms with E-state index in [9.17, 15) is 4.79 Å². The van der Waals surface area contributed by atoms with Crippen LogP contribution in [-0.4, -0.2) is 44.2 Å². The van der Waals surface area contributed by atoms with Crippen molar-refractivity contribution in [2.45, 2.75) is 44.2 Å². The van der Waals surface area contributed by atoms with Crippen LogP contribution in [0, 0.1) is 0 Å². The van der Waals surface area contributed by atoms with E-state index in [-0.39, 0.29) is 17.3 Å². The maximum Gasteiger partial charge on any atom is 0.373 e. The third-order valence-electron chi connectivity index (χ3n) is 4.66. The third kappa shape index (κ3) is 3.47. The van der Waals surface area contributed by atoms with Crippen LogP contribution in [0.1, 0.15) is 55.0 Å². The lowest BCUT2D eigenvalue weighted by atomic mass is 9.95. The van der Waals surface area contributed by atoms with Crippen molar-refractivity contribution in [1.82, 2.24) is 10.2 Å². The molecule has 1 aliphatic rings. The molecule has 0 spiro atoms. The first-order chi connectivity index (χ1) is 9.98. The van der Waals surface area contributed by atoms with Crippen LogP contribution in [0.2, 0.25) is 0 Å². The Hall–Kier alpha value is -1.33. The van der Waals surface area contributed by atoms with Crippen LogP contribution in [0.3, 0.4) is 0 Å². The van der Waals surface area contributed by atoms with E-state index in [4.69, 9.17) is 4.42 Å². The number of methoxy groups -OCH3 is 1. The van der Waals surface area contributed by atoms with Crippen molar-refractivity contribution >= 4 is 5.97 Å². The fourth-order valence-electron chi connectivity index (χ4n) is 3.05. The number of carbonyl (C=O) groups excluding carboxylic acids is 1. The molecule has 0 radical (unpaired) electrons. The number of hydrogen-bond acceptors (Lipinski definition) is 5. The first-order valence-corrected chi connectivity index (χ1v) is 7.57. The highest BCUT2D eigenvalue weighted by molar-refractivity contribution is 5.86. The quantitative estimate of drug-likeness (QED) is 0.817. The van der Waals surface area contributed by atoms with Gasteiger partial charge < -0.3 is 19.4 Å². The number of nitrogens with zero attached hydrogens (tertiary/aromatic N) is 1. The van der Waals surface area contributed by atoms with Crippen LogP contribution in [0.25, 0.3) is 0 Å². The summed E-state index contributed by atoms with van der Waals surface area (Å²) in [7, 11) is 5.66. The van der Waals surface area contributed by atoms with Gasteiger partial charge in [0.15, 0.2) is 0 Å². The monoisotopic (exact) mass is 294 g/mol. The zero-order chi connectivity index (χ0) is 15.5. The second-order valence-corrected chi connectivity index (χ2v) is 6.12.